The first-order valence-electron chi connectivity index (χ1n) is 8.24. The molecule has 0 radical (unpaired) electrons. The molecule has 124 valence electrons. The number of anilines is 1. The minimum Gasteiger partial charge on any atom is -0.486 e. The van der Waals surface area contributed by atoms with Crippen LogP contribution in [-0.4, -0.2) is 31.2 Å². The second-order valence-corrected chi connectivity index (χ2v) is 6.39. The molecule has 2 aliphatic rings. The van der Waals surface area contributed by atoms with Gasteiger partial charge in [0.25, 0.3) is 0 Å². The Hall–Kier alpha value is -2.56. The van der Waals surface area contributed by atoms with Crippen LogP contribution < -0.4 is 14.4 Å². The van der Waals surface area contributed by atoms with Crippen LogP contribution in [0.5, 0.6) is 11.5 Å². The molecule has 0 N–H and O–H groups in total. The third-order valence-corrected chi connectivity index (χ3v) is 4.73. The Kier molecular flexibility index (Phi) is 3.63. The van der Waals surface area contributed by atoms with E-state index in [-0.39, 0.29) is 17.7 Å². The Morgan fingerprint density at radius 2 is 2.00 bits per heavy atom. The summed E-state index contributed by atoms with van der Waals surface area (Å²) in [4.78, 5) is 18.8. The van der Waals surface area contributed by atoms with E-state index in [9.17, 15) is 4.79 Å². The summed E-state index contributed by atoms with van der Waals surface area (Å²) < 4.78 is 11.2. The van der Waals surface area contributed by atoms with E-state index in [1.54, 1.807) is 18.1 Å². The number of amides is 1. The van der Waals surface area contributed by atoms with Crippen molar-refractivity contribution in [1.82, 2.24) is 4.98 Å². The first-order valence-corrected chi connectivity index (χ1v) is 8.24. The Morgan fingerprint density at radius 3 is 2.79 bits per heavy atom. The Balaban J connectivity index is 1.50. The lowest BCUT2D eigenvalue weighted by Crippen LogP contribution is -2.29. The minimum atomic E-state index is 0.0129. The van der Waals surface area contributed by atoms with Crippen LogP contribution in [0.3, 0.4) is 0 Å². The van der Waals surface area contributed by atoms with Crippen LogP contribution in [0.2, 0.25) is 0 Å². The summed E-state index contributed by atoms with van der Waals surface area (Å²) in [6, 6.07) is 9.84. The molecular formula is C19H20N2O3. The molecule has 2 atom stereocenters. The standard InChI is InChI=1S/C19H20N2O3/c1-12-4-3-7-20-18(12)21(2)19(22)15-11-14(15)13-5-6-16-17(10-13)24-9-8-23-16/h3-7,10,14-15H,8-9,11H2,1-2H3. The zero-order valence-corrected chi connectivity index (χ0v) is 13.9. The summed E-state index contributed by atoms with van der Waals surface area (Å²) in [6.45, 7) is 3.13. The van der Waals surface area contributed by atoms with Crippen molar-refractivity contribution in [2.45, 2.75) is 19.3 Å². The average Bonchev–Trinajstić information content (AvgIpc) is 3.41. The van der Waals surface area contributed by atoms with E-state index in [4.69, 9.17) is 9.47 Å². The van der Waals surface area contributed by atoms with Crippen molar-refractivity contribution < 1.29 is 14.3 Å². The number of nitrogens with zero attached hydrogens (tertiary/aromatic N) is 2. The number of aryl methyl sites for hydroxylation is 1. The Morgan fingerprint density at radius 1 is 1.21 bits per heavy atom. The summed E-state index contributed by atoms with van der Waals surface area (Å²) in [5.74, 6) is 2.69. The topological polar surface area (TPSA) is 51.7 Å². The highest BCUT2D eigenvalue weighted by molar-refractivity contribution is 5.96. The fraction of sp³-hybridized carbons (Fsp3) is 0.368. The number of hydrogen-bond acceptors (Lipinski definition) is 4. The quantitative estimate of drug-likeness (QED) is 0.871. The molecule has 4 rings (SSSR count). The smallest absolute Gasteiger partial charge is 0.231 e. The van der Waals surface area contributed by atoms with Gasteiger partial charge in [0, 0.05) is 19.2 Å². The van der Waals surface area contributed by atoms with Crippen molar-refractivity contribution in [3.05, 3.63) is 47.7 Å². The highest BCUT2D eigenvalue weighted by Crippen LogP contribution is 2.50. The van der Waals surface area contributed by atoms with Crippen molar-refractivity contribution in [3.8, 4) is 11.5 Å². The molecule has 5 nitrogen and oxygen atoms in total. The third kappa shape index (κ3) is 2.60. The van der Waals surface area contributed by atoms with Crippen LogP contribution in [0, 0.1) is 12.8 Å². The van der Waals surface area contributed by atoms with Gasteiger partial charge in [-0.15, -0.1) is 0 Å². The van der Waals surface area contributed by atoms with Crippen LogP contribution in [0.1, 0.15) is 23.5 Å². The molecule has 0 saturated heterocycles. The lowest BCUT2D eigenvalue weighted by atomic mass is 10.1. The van der Waals surface area contributed by atoms with Crippen molar-refractivity contribution in [2.75, 3.05) is 25.2 Å². The van der Waals surface area contributed by atoms with Gasteiger partial charge in [-0.25, -0.2) is 4.98 Å². The third-order valence-electron chi connectivity index (χ3n) is 4.73. The molecule has 5 heteroatoms. The zero-order chi connectivity index (χ0) is 16.7. The SMILES string of the molecule is Cc1cccnc1N(C)C(=O)C1CC1c1ccc2c(c1)OCCO2. The van der Waals surface area contributed by atoms with Crippen molar-refractivity contribution in [1.29, 1.82) is 0 Å². The Labute approximate surface area is 141 Å². The van der Waals surface area contributed by atoms with Gasteiger partial charge < -0.3 is 9.47 Å². The van der Waals surface area contributed by atoms with E-state index in [1.165, 1.54) is 0 Å². The summed E-state index contributed by atoms with van der Waals surface area (Å²) in [7, 11) is 1.80. The maximum atomic E-state index is 12.8. The predicted molar refractivity (Wildman–Crippen MR) is 90.7 cm³/mol. The normalized spacial score (nSPS) is 21.2. The lowest BCUT2D eigenvalue weighted by molar-refractivity contribution is -0.119. The molecule has 24 heavy (non-hydrogen) atoms. The highest BCUT2D eigenvalue weighted by atomic mass is 16.6. The largest absolute Gasteiger partial charge is 0.486 e. The van der Waals surface area contributed by atoms with Gasteiger partial charge in [-0.1, -0.05) is 12.1 Å². The molecule has 0 bridgehead atoms. The summed E-state index contributed by atoms with van der Waals surface area (Å²) >= 11 is 0. The molecule has 1 aromatic carbocycles. The van der Waals surface area contributed by atoms with Crippen molar-refractivity contribution in [2.24, 2.45) is 5.92 Å². The minimum absolute atomic E-state index is 0.0129. The predicted octanol–water partition coefficient (Wildman–Crippen LogP) is 2.93. The number of carbonyl (C=O) groups excluding carboxylic acids is 1. The van der Waals surface area contributed by atoms with E-state index in [2.05, 4.69) is 4.98 Å². The van der Waals surface area contributed by atoms with E-state index in [0.717, 1.165) is 34.9 Å². The number of pyridine rings is 1. The second kappa shape index (κ2) is 5.82. The number of ether oxygens (including phenoxy) is 2. The molecule has 2 heterocycles. The maximum absolute atomic E-state index is 12.8. The molecule has 2 aromatic rings. The van der Waals surface area contributed by atoms with Gasteiger partial charge in [0.1, 0.15) is 19.0 Å². The molecule has 1 aliphatic heterocycles. The van der Waals surface area contributed by atoms with Crippen LogP contribution in [0.25, 0.3) is 0 Å². The van der Waals surface area contributed by atoms with Gasteiger partial charge in [0.15, 0.2) is 11.5 Å². The average molecular weight is 324 g/mol. The first kappa shape index (κ1) is 15.0. The van der Waals surface area contributed by atoms with E-state index >= 15 is 0 Å². The van der Waals surface area contributed by atoms with Crippen LogP contribution in [0.4, 0.5) is 5.82 Å². The van der Waals surface area contributed by atoms with Gasteiger partial charge in [-0.2, -0.15) is 0 Å². The summed E-state index contributed by atoms with van der Waals surface area (Å²) in [5, 5.41) is 0. The van der Waals surface area contributed by atoms with Gasteiger partial charge >= 0.3 is 0 Å². The van der Waals surface area contributed by atoms with Crippen LogP contribution >= 0.6 is 0 Å². The number of rotatable bonds is 3. The number of hydrogen-bond donors (Lipinski definition) is 0. The number of aromatic nitrogens is 1. The highest BCUT2D eigenvalue weighted by Gasteiger charge is 2.46. The zero-order valence-electron chi connectivity index (χ0n) is 13.9. The molecule has 1 amide bonds. The molecule has 1 aromatic heterocycles. The van der Waals surface area contributed by atoms with Gasteiger partial charge in [-0.3, -0.25) is 9.69 Å². The molecule has 1 saturated carbocycles. The molecule has 2 unspecified atom stereocenters. The Bertz CT molecular complexity index is 790. The first-order chi connectivity index (χ1) is 11.6. The van der Waals surface area contributed by atoms with E-state index in [0.29, 0.717) is 13.2 Å². The summed E-state index contributed by atoms with van der Waals surface area (Å²) in [6.07, 6.45) is 2.59. The molecule has 1 aliphatic carbocycles. The van der Waals surface area contributed by atoms with E-state index < -0.39 is 0 Å². The number of benzene rings is 1. The van der Waals surface area contributed by atoms with Crippen LogP contribution in [-0.2, 0) is 4.79 Å². The lowest BCUT2D eigenvalue weighted by Gasteiger charge is -2.19. The molecule has 0 spiro atoms. The molecular weight excluding hydrogens is 304 g/mol. The molecule has 1 fully saturated rings. The van der Waals surface area contributed by atoms with Gasteiger partial charge in [-0.05, 0) is 48.6 Å². The van der Waals surface area contributed by atoms with Crippen molar-refractivity contribution in [3.63, 3.8) is 0 Å². The second-order valence-electron chi connectivity index (χ2n) is 6.39. The maximum Gasteiger partial charge on any atom is 0.231 e. The number of fused-ring (bicyclic) bond motifs is 1. The van der Waals surface area contributed by atoms with Gasteiger partial charge in [0.05, 0.1) is 0 Å². The monoisotopic (exact) mass is 324 g/mol. The number of carbonyl (C=O) groups is 1. The van der Waals surface area contributed by atoms with Crippen molar-refractivity contribution >= 4 is 11.7 Å². The fourth-order valence-electron chi connectivity index (χ4n) is 3.31. The fourth-order valence-corrected chi connectivity index (χ4v) is 3.31. The summed E-state index contributed by atoms with van der Waals surface area (Å²) in [5.41, 5.74) is 2.15. The van der Waals surface area contributed by atoms with Crippen LogP contribution in [0.15, 0.2) is 36.5 Å². The van der Waals surface area contributed by atoms with Gasteiger partial charge in [0.2, 0.25) is 5.91 Å². The van der Waals surface area contributed by atoms with E-state index in [1.807, 2.05) is 37.3 Å².